The van der Waals surface area contributed by atoms with Gasteiger partial charge in [0.1, 0.15) is 5.75 Å². The summed E-state index contributed by atoms with van der Waals surface area (Å²) < 4.78 is 41.2. The first-order chi connectivity index (χ1) is 21.1. The molecule has 5 rings (SSSR count). The minimum absolute atomic E-state index is 0.0532. The average molecular weight is 619 g/mol. The number of nitrogens with zero attached hydrogens (tertiary/aromatic N) is 1. The van der Waals surface area contributed by atoms with Gasteiger partial charge in [0.05, 0.1) is 29.8 Å². The molecule has 10 heteroatoms. The molecule has 0 amide bonds. The van der Waals surface area contributed by atoms with Crippen LogP contribution in [0.25, 0.3) is 0 Å². The lowest BCUT2D eigenvalue weighted by molar-refractivity contribution is -0.276. The third kappa shape index (κ3) is 7.65. The predicted molar refractivity (Wildman–Crippen MR) is 167 cm³/mol. The molecule has 0 aromatic heterocycles. The summed E-state index contributed by atoms with van der Waals surface area (Å²) >= 11 is 0. The molecule has 1 heterocycles. The van der Waals surface area contributed by atoms with E-state index in [1.807, 2.05) is 36.2 Å². The standard InChI is InChI=1S/C34H38N2O7S/c1-23-32(21-36(2)20-31(39)27-7-6-8-29(38)19-27)42-34(43-33(23)25-13-11-24(22-37)12-14-25)26-15-17-28(18-16-26)35-44(40,41)30-9-4-3-5-10-30/h3-19,23,31-35,37-39H,20-22H2,1-2H3/t23-,31-,32+,33+,34+/m1/s1. The lowest BCUT2D eigenvalue weighted by Crippen LogP contribution is -2.44. The first kappa shape index (κ1) is 31.6. The van der Waals surface area contributed by atoms with E-state index in [9.17, 15) is 23.7 Å². The monoisotopic (exact) mass is 618 g/mol. The summed E-state index contributed by atoms with van der Waals surface area (Å²) in [6.07, 6.45) is -2.14. The Bertz CT molecular complexity index is 1620. The van der Waals surface area contributed by atoms with Crippen LogP contribution in [-0.4, -0.2) is 54.9 Å². The average Bonchev–Trinajstić information content (AvgIpc) is 3.03. The zero-order valence-corrected chi connectivity index (χ0v) is 25.5. The molecular weight excluding hydrogens is 580 g/mol. The molecular formula is C34H38N2O7S. The van der Waals surface area contributed by atoms with Gasteiger partial charge in [-0.1, -0.05) is 73.7 Å². The second-order valence-corrected chi connectivity index (χ2v) is 12.9. The molecule has 1 fully saturated rings. The van der Waals surface area contributed by atoms with Gasteiger partial charge < -0.3 is 29.7 Å². The maximum absolute atomic E-state index is 12.8. The molecule has 1 saturated heterocycles. The highest BCUT2D eigenvalue weighted by Gasteiger charge is 2.39. The molecule has 232 valence electrons. The summed E-state index contributed by atoms with van der Waals surface area (Å²) in [5.74, 6) is 0.0333. The lowest BCUT2D eigenvalue weighted by atomic mass is 9.90. The topological polar surface area (TPSA) is 129 Å². The molecule has 4 N–H and O–H groups in total. The van der Waals surface area contributed by atoms with Crippen LogP contribution in [0, 0.1) is 5.92 Å². The zero-order valence-electron chi connectivity index (χ0n) is 24.7. The van der Waals surface area contributed by atoms with Gasteiger partial charge in [-0.3, -0.25) is 4.72 Å². The lowest BCUT2D eigenvalue weighted by Gasteiger charge is -2.42. The number of aliphatic hydroxyl groups is 2. The summed E-state index contributed by atoms with van der Waals surface area (Å²) in [6.45, 7) is 2.83. The third-order valence-corrected chi connectivity index (χ3v) is 9.24. The van der Waals surface area contributed by atoms with Crippen molar-refractivity contribution in [2.75, 3.05) is 24.9 Å². The SMILES string of the molecule is C[C@@H]1[C@H](CN(C)C[C@@H](O)c2cccc(O)c2)O[C@H](c2ccc(NS(=O)(=O)c3ccccc3)cc2)O[C@@H]1c1ccc(CO)cc1. The Kier molecular flexibility index (Phi) is 10.00. The molecule has 0 aliphatic carbocycles. The van der Waals surface area contributed by atoms with Crippen molar-refractivity contribution in [3.63, 3.8) is 0 Å². The fourth-order valence-corrected chi connectivity index (χ4v) is 6.44. The van der Waals surface area contributed by atoms with E-state index in [0.29, 0.717) is 24.3 Å². The number of hydrogen-bond acceptors (Lipinski definition) is 8. The second kappa shape index (κ2) is 13.9. The molecule has 0 saturated carbocycles. The van der Waals surface area contributed by atoms with Gasteiger partial charge in [0.15, 0.2) is 6.29 Å². The van der Waals surface area contributed by atoms with Crippen LogP contribution < -0.4 is 4.72 Å². The van der Waals surface area contributed by atoms with E-state index in [2.05, 4.69) is 11.6 Å². The van der Waals surface area contributed by atoms with Crippen LogP contribution in [0.5, 0.6) is 5.75 Å². The number of phenols is 1. The molecule has 4 aromatic carbocycles. The highest BCUT2D eigenvalue weighted by atomic mass is 32.2. The Morgan fingerprint density at radius 1 is 0.886 bits per heavy atom. The Hall–Kier alpha value is -3.77. The summed E-state index contributed by atoms with van der Waals surface area (Å²) in [6, 6.07) is 29.3. The molecule has 1 aliphatic rings. The van der Waals surface area contributed by atoms with Crippen molar-refractivity contribution < 1.29 is 33.2 Å². The van der Waals surface area contributed by atoms with Crippen molar-refractivity contribution in [1.82, 2.24) is 4.90 Å². The van der Waals surface area contributed by atoms with E-state index in [-0.39, 0.29) is 35.4 Å². The first-order valence-corrected chi connectivity index (χ1v) is 16.0. The number of benzene rings is 4. The van der Waals surface area contributed by atoms with Crippen LogP contribution >= 0.6 is 0 Å². The number of aromatic hydroxyl groups is 1. The number of anilines is 1. The van der Waals surface area contributed by atoms with E-state index < -0.39 is 22.4 Å². The van der Waals surface area contributed by atoms with E-state index in [1.165, 1.54) is 12.1 Å². The largest absolute Gasteiger partial charge is 0.508 e. The minimum atomic E-state index is -3.73. The molecule has 9 nitrogen and oxygen atoms in total. The molecule has 0 spiro atoms. The number of likely N-dealkylation sites (N-methyl/N-ethyl adjacent to an activating group) is 1. The zero-order chi connectivity index (χ0) is 31.3. The van der Waals surface area contributed by atoms with Gasteiger partial charge in [-0.2, -0.15) is 0 Å². The van der Waals surface area contributed by atoms with Crippen LogP contribution in [-0.2, 0) is 26.1 Å². The summed E-state index contributed by atoms with van der Waals surface area (Å²) in [7, 11) is -1.83. The summed E-state index contributed by atoms with van der Waals surface area (Å²) in [5, 5.41) is 30.1. The minimum Gasteiger partial charge on any atom is -0.508 e. The third-order valence-electron chi connectivity index (χ3n) is 7.84. The van der Waals surface area contributed by atoms with Crippen LogP contribution in [0.2, 0.25) is 0 Å². The normalized spacial score (nSPS) is 21.2. The predicted octanol–water partition coefficient (Wildman–Crippen LogP) is 5.14. The Labute approximate surface area is 258 Å². The van der Waals surface area contributed by atoms with E-state index in [1.54, 1.807) is 66.7 Å². The number of hydrogen-bond donors (Lipinski definition) is 4. The molecule has 0 bridgehead atoms. The first-order valence-electron chi connectivity index (χ1n) is 14.5. The molecule has 0 radical (unpaired) electrons. The quantitative estimate of drug-likeness (QED) is 0.182. The Morgan fingerprint density at radius 3 is 2.23 bits per heavy atom. The smallest absolute Gasteiger partial charge is 0.261 e. The van der Waals surface area contributed by atoms with Crippen LogP contribution in [0.1, 0.15) is 47.7 Å². The number of aliphatic hydroxyl groups excluding tert-OH is 2. The van der Waals surface area contributed by atoms with Crippen molar-refractivity contribution >= 4 is 15.7 Å². The van der Waals surface area contributed by atoms with Gasteiger partial charge in [0.25, 0.3) is 10.0 Å². The fourth-order valence-electron chi connectivity index (χ4n) is 5.36. The number of ether oxygens (including phenoxy) is 2. The second-order valence-electron chi connectivity index (χ2n) is 11.2. The van der Waals surface area contributed by atoms with E-state index >= 15 is 0 Å². The highest BCUT2D eigenvalue weighted by Crippen LogP contribution is 2.42. The van der Waals surface area contributed by atoms with Crippen molar-refractivity contribution in [1.29, 1.82) is 0 Å². The summed E-state index contributed by atoms with van der Waals surface area (Å²) in [5.41, 5.74) is 3.51. The van der Waals surface area contributed by atoms with E-state index in [4.69, 9.17) is 9.47 Å². The van der Waals surface area contributed by atoms with Gasteiger partial charge in [-0.25, -0.2) is 8.42 Å². The maximum atomic E-state index is 12.8. The van der Waals surface area contributed by atoms with Gasteiger partial charge in [-0.05, 0) is 60.1 Å². The van der Waals surface area contributed by atoms with Gasteiger partial charge in [-0.15, -0.1) is 0 Å². The number of sulfonamides is 1. The summed E-state index contributed by atoms with van der Waals surface area (Å²) in [4.78, 5) is 2.17. The van der Waals surface area contributed by atoms with Crippen molar-refractivity contribution in [3.05, 3.63) is 125 Å². The van der Waals surface area contributed by atoms with Crippen molar-refractivity contribution in [2.45, 2.75) is 43.0 Å². The highest BCUT2D eigenvalue weighted by molar-refractivity contribution is 7.92. The van der Waals surface area contributed by atoms with Gasteiger partial charge >= 0.3 is 0 Å². The van der Waals surface area contributed by atoms with Gasteiger partial charge in [0, 0.05) is 30.3 Å². The van der Waals surface area contributed by atoms with Crippen LogP contribution in [0.15, 0.2) is 108 Å². The Morgan fingerprint density at radius 2 is 1.57 bits per heavy atom. The van der Waals surface area contributed by atoms with Crippen molar-refractivity contribution in [2.24, 2.45) is 5.92 Å². The van der Waals surface area contributed by atoms with Crippen molar-refractivity contribution in [3.8, 4) is 5.75 Å². The molecule has 0 unspecified atom stereocenters. The maximum Gasteiger partial charge on any atom is 0.261 e. The molecule has 1 aliphatic heterocycles. The number of rotatable bonds is 11. The van der Waals surface area contributed by atoms with E-state index in [0.717, 1.165) is 16.7 Å². The molecule has 4 aromatic rings. The fraction of sp³-hybridized carbons (Fsp3) is 0.294. The van der Waals surface area contributed by atoms with Crippen LogP contribution in [0.4, 0.5) is 5.69 Å². The van der Waals surface area contributed by atoms with Crippen LogP contribution in [0.3, 0.4) is 0 Å². The van der Waals surface area contributed by atoms with Gasteiger partial charge in [0.2, 0.25) is 0 Å². The molecule has 5 atom stereocenters. The number of phenolic OH excluding ortho intramolecular Hbond substituents is 1. The Balaban J connectivity index is 1.34. The number of nitrogens with one attached hydrogen (secondary N) is 1. The molecule has 44 heavy (non-hydrogen) atoms.